The number of rotatable bonds is 9. The van der Waals surface area contributed by atoms with Crippen LogP contribution in [0.2, 0.25) is 0 Å². The lowest BCUT2D eigenvalue weighted by Crippen LogP contribution is -2.48. The smallest absolute Gasteiger partial charge is 0.341 e. The molecule has 2 rings (SSSR count). The Morgan fingerprint density at radius 1 is 1.21 bits per heavy atom. The zero-order valence-corrected chi connectivity index (χ0v) is 17.5. The second-order valence-corrected chi connectivity index (χ2v) is 7.36. The summed E-state index contributed by atoms with van der Waals surface area (Å²) in [7, 11) is 0. The van der Waals surface area contributed by atoms with Crippen LogP contribution in [0.15, 0.2) is 18.2 Å². The lowest BCUT2D eigenvalue weighted by Gasteiger charge is -2.38. The lowest BCUT2D eigenvalue weighted by molar-refractivity contribution is -0.147. The molecule has 0 aliphatic heterocycles. The quantitative estimate of drug-likeness (QED) is 0.624. The van der Waals surface area contributed by atoms with Gasteiger partial charge in [-0.05, 0) is 63.6 Å². The second-order valence-electron chi connectivity index (χ2n) is 7.36. The molecular weight excluding hydrogens is 358 g/mol. The number of anilines is 1. The Balaban J connectivity index is 2.24. The molecule has 28 heavy (non-hydrogen) atoms. The van der Waals surface area contributed by atoms with Crippen molar-refractivity contribution >= 4 is 17.6 Å². The maximum Gasteiger partial charge on any atom is 0.341 e. The van der Waals surface area contributed by atoms with Crippen LogP contribution < -0.4 is 10.1 Å². The number of carbonyl (C=O) groups excluding carboxylic acids is 2. The van der Waals surface area contributed by atoms with Gasteiger partial charge >= 0.3 is 5.97 Å². The van der Waals surface area contributed by atoms with Crippen LogP contribution in [0.5, 0.6) is 5.75 Å². The zero-order valence-electron chi connectivity index (χ0n) is 17.5. The van der Waals surface area contributed by atoms with E-state index in [4.69, 9.17) is 14.2 Å². The first-order chi connectivity index (χ1) is 13.5. The minimum Gasteiger partial charge on any atom is -0.493 e. The first-order valence-corrected chi connectivity index (χ1v) is 10.3. The Labute approximate surface area is 167 Å². The van der Waals surface area contributed by atoms with E-state index in [1.807, 2.05) is 13.8 Å². The van der Waals surface area contributed by atoms with E-state index < -0.39 is 11.6 Å². The number of esters is 1. The molecular formula is C22H33NO5. The summed E-state index contributed by atoms with van der Waals surface area (Å²) in [5, 5.41) is 2.95. The van der Waals surface area contributed by atoms with E-state index in [0.29, 0.717) is 49.0 Å². The average molecular weight is 392 g/mol. The first kappa shape index (κ1) is 22.2. The van der Waals surface area contributed by atoms with Gasteiger partial charge in [0.15, 0.2) is 0 Å². The van der Waals surface area contributed by atoms with Gasteiger partial charge in [0.2, 0.25) is 0 Å². The molecule has 1 N–H and O–H groups in total. The molecule has 1 aliphatic carbocycles. The normalized spacial score (nSPS) is 21.8. The first-order valence-electron chi connectivity index (χ1n) is 10.3. The molecule has 2 unspecified atom stereocenters. The summed E-state index contributed by atoms with van der Waals surface area (Å²) in [5.74, 6) is 0.281. The van der Waals surface area contributed by atoms with E-state index in [2.05, 4.69) is 12.2 Å². The fourth-order valence-electron chi connectivity index (χ4n) is 3.74. The van der Waals surface area contributed by atoms with Crippen LogP contribution in [0.25, 0.3) is 0 Å². The molecule has 0 spiro atoms. The van der Waals surface area contributed by atoms with Crippen LogP contribution in [-0.2, 0) is 14.3 Å². The van der Waals surface area contributed by atoms with Crippen LogP contribution in [-0.4, -0.2) is 37.3 Å². The van der Waals surface area contributed by atoms with Crippen molar-refractivity contribution in [3.8, 4) is 5.75 Å². The molecule has 0 saturated heterocycles. The lowest BCUT2D eigenvalue weighted by atomic mass is 9.78. The number of carbonyl (C=O) groups is 2. The van der Waals surface area contributed by atoms with E-state index >= 15 is 0 Å². The number of ether oxygens (including phenoxy) is 3. The van der Waals surface area contributed by atoms with Crippen molar-refractivity contribution in [1.82, 2.24) is 0 Å². The summed E-state index contributed by atoms with van der Waals surface area (Å²) in [6.45, 7) is 9.07. The molecule has 0 radical (unpaired) electrons. The van der Waals surface area contributed by atoms with E-state index in [-0.39, 0.29) is 12.5 Å². The maximum absolute atomic E-state index is 13.1. The molecule has 1 aliphatic rings. The number of hydrogen-bond donors (Lipinski definition) is 1. The Bertz CT molecular complexity index is 671. The number of nitrogens with one attached hydrogen (secondary N) is 1. The Morgan fingerprint density at radius 2 is 2.00 bits per heavy atom. The predicted molar refractivity (Wildman–Crippen MR) is 109 cm³/mol. The van der Waals surface area contributed by atoms with E-state index in [1.54, 1.807) is 25.1 Å². The van der Waals surface area contributed by atoms with E-state index in [9.17, 15) is 9.59 Å². The summed E-state index contributed by atoms with van der Waals surface area (Å²) in [6.07, 6.45) is 4.31. The molecule has 6 heteroatoms. The molecule has 1 aromatic rings. The highest BCUT2D eigenvalue weighted by atomic mass is 16.5. The molecule has 2 atom stereocenters. The molecule has 1 aromatic carbocycles. The molecule has 1 fully saturated rings. The van der Waals surface area contributed by atoms with Gasteiger partial charge < -0.3 is 19.5 Å². The fraction of sp³-hybridized carbons (Fsp3) is 0.636. The standard InChI is InChI=1S/C22H33NO5/c1-5-13-27-19-11-10-17(14-18(19)20(24)26-6-2)23-21(25)22(28-7-3)12-8-9-16(4)15-22/h10-11,14,16H,5-9,12-13,15H2,1-4H3,(H,23,25). The molecule has 0 bridgehead atoms. The molecule has 156 valence electrons. The Kier molecular flexibility index (Phi) is 8.30. The van der Waals surface area contributed by atoms with E-state index in [1.165, 1.54) is 0 Å². The number of benzene rings is 1. The third-order valence-corrected chi connectivity index (χ3v) is 4.98. The molecule has 1 saturated carbocycles. The van der Waals surface area contributed by atoms with Gasteiger partial charge in [-0.15, -0.1) is 0 Å². The number of amides is 1. The highest BCUT2D eigenvalue weighted by molar-refractivity contribution is 5.99. The van der Waals surface area contributed by atoms with E-state index in [0.717, 1.165) is 19.3 Å². The maximum atomic E-state index is 13.1. The van der Waals surface area contributed by atoms with Gasteiger partial charge in [0.1, 0.15) is 16.9 Å². The van der Waals surface area contributed by atoms with Crippen LogP contribution in [0.4, 0.5) is 5.69 Å². The summed E-state index contributed by atoms with van der Waals surface area (Å²) in [6, 6.07) is 5.07. The molecule has 6 nitrogen and oxygen atoms in total. The summed E-state index contributed by atoms with van der Waals surface area (Å²) in [5.41, 5.74) is 0.0400. The van der Waals surface area contributed by atoms with Crippen LogP contribution in [0.1, 0.15) is 70.2 Å². The molecule has 0 aromatic heterocycles. The third-order valence-electron chi connectivity index (χ3n) is 4.98. The largest absolute Gasteiger partial charge is 0.493 e. The fourth-order valence-corrected chi connectivity index (χ4v) is 3.74. The third kappa shape index (κ3) is 5.47. The van der Waals surface area contributed by atoms with Crippen molar-refractivity contribution in [2.24, 2.45) is 5.92 Å². The minimum absolute atomic E-state index is 0.155. The van der Waals surface area contributed by atoms with Gasteiger partial charge in [0.05, 0.1) is 13.2 Å². The van der Waals surface area contributed by atoms with Gasteiger partial charge in [0.25, 0.3) is 5.91 Å². The van der Waals surface area contributed by atoms with Gasteiger partial charge in [-0.2, -0.15) is 0 Å². The van der Waals surface area contributed by atoms with Crippen molar-refractivity contribution in [1.29, 1.82) is 0 Å². The van der Waals surface area contributed by atoms with Gasteiger partial charge in [-0.1, -0.05) is 20.3 Å². The summed E-state index contributed by atoms with van der Waals surface area (Å²) < 4.78 is 16.7. The van der Waals surface area contributed by atoms with Crippen molar-refractivity contribution in [3.63, 3.8) is 0 Å². The summed E-state index contributed by atoms with van der Waals surface area (Å²) in [4.78, 5) is 25.4. The predicted octanol–water partition coefficient (Wildman–Crippen LogP) is 4.58. The van der Waals surface area contributed by atoms with Gasteiger partial charge in [-0.3, -0.25) is 4.79 Å². The van der Waals surface area contributed by atoms with Crippen molar-refractivity contribution < 1.29 is 23.8 Å². The SMILES string of the molecule is CCCOc1ccc(NC(=O)C2(OCC)CCCC(C)C2)cc1C(=O)OCC. The molecule has 1 amide bonds. The van der Waals surface area contributed by atoms with Crippen molar-refractivity contribution in [2.75, 3.05) is 25.1 Å². The number of hydrogen-bond acceptors (Lipinski definition) is 5. The van der Waals surface area contributed by atoms with Gasteiger partial charge in [-0.25, -0.2) is 4.79 Å². The second kappa shape index (κ2) is 10.5. The van der Waals surface area contributed by atoms with Crippen LogP contribution in [0, 0.1) is 5.92 Å². The topological polar surface area (TPSA) is 73.9 Å². The van der Waals surface area contributed by atoms with Crippen LogP contribution >= 0.6 is 0 Å². The Hall–Kier alpha value is -2.08. The zero-order chi connectivity index (χ0) is 20.6. The Morgan fingerprint density at radius 3 is 2.64 bits per heavy atom. The summed E-state index contributed by atoms with van der Waals surface area (Å²) >= 11 is 0. The van der Waals surface area contributed by atoms with Crippen molar-refractivity contribution in [3.05, 3.63) is 23.8 Å². The highest BCUT2D eigenvalue weighted by Crippen LogP contribution is 2.36. The van der Waals surface area contributed by atoms with Gasteiger partial charge in [0, 0.05) is 12.3 Å². The minimum atomic E-state index is -0.812. The van der Waals surface area contributed by atoms with Crippen LogP contribution in [0.3, 0.4) is 0 Å². The molecule has 0 heterocycles. The monoisotopic (exact) mass is 391 g/mol. The highest BCUT2D eigenvalue weighted by Gasteiger charge is 2.42. The van der Waals surface area contributed by atoms with Crippen molar-refractivity contribution in [2.45, 2.75) is 65.4 Å². The average Bonchev–Trinajstić information content (AvgIpc) is 2.67.